The quantitative estimate of drug-likeness (QED) is 0.790. The van der Waals surface area contributed by atoms with Crippen LogP contribution in [0.5, 0.6) is 0 Å². The van der Waals surface area contributed by atoms with Gasteiger partial charge in [0.15, 0.2) is 0 Å². The molecule has 0 saturated carbocycles. The molecule has 0 atom stereocenters. The van der Waals surface area contributed by atoms with Gasteiger partial charge in [0.2, 0.25) is 5.91 Å². The second-order valence-corrected chi connectivity index (χ2v) is 5.35. The van der Waals surface area contributed by atoms with E-state index < -0.39 is 0 Å². The Labute approximate surface area is 126 Å². The Hall–Kier alpha value is -1.59. The van der Waals surface area contributed by atoms with Crippen LogP contribution in [0.4, 0.5) is 5.69 Å². The summed E-state index contributed by atoms with van der Waals surface area (Å²) < 4.78 is 5.31. The highest BCUT2D eigenvalue weighted by atomic mass is 16.5. The molecule has 1 heterocycles. The van der Waals surface area contributed by atoms with Gasteiger partial charge in [-0.05, 0) is 37.9 Å². The number of anilines is 1. The highest BCUT2D eigenvalue weighted by Gasteiger charge is 2.18. The van der Waals surface area contributed by atoms with Crippen LogP contribution >= 0.6 is 0 Å². The summed E-state index contributed by atoms with van der Waals surface area (Å²) in [5, 5.41) is 3.10. The van der Waals surface area contributed by atoms with E-state index in [-0.39, 0.29) is 11.9 Å². The number of carbonyl (C=O) groups is 1. The molecule has 5 heteroatoms. The molecule has 0 unspecified atom stereocenters. The maximum atomic E-state index is 12.2. The molecule has 116 valence electrons. The zero-order valence-corrected chi connectivity index (χ0v) is 12.5. The van der Waals surface area contributed by atoms with Crippen molar-refractivity contribution in [1.82, 2.24) is 5.32 Å². The molecule has 1 aromatic rings. The number of hydrogen-bond donors (Lipinski definition) is 2. The first-order chi connectivity index (χ1) is 10.3. The van der Waals surface area contributed by atoms with Crippen molar-refractivity contribution in [2.75, 3.05) is 37.7 Å². The minimum absolute atomic E-state index is 0.0720. The molecule has 1 fully saturated rings. The highest BCUT2D eigenvalue weighted by molar-refractivity contribution is 5.81. The Morgan fingerprint density at radius 2 is 2.00 bits per heavy atom. The third-order valence-corrected chi connectivity index (χ3v) is 3.67. The molecule has 2 rings (SSSR count). The Morgan fingerprint density at radius 1 is 1.29 bits per heavy atom. The van der Waals surface area contributed by atoms with Crippen LogP contribution < -0.4 is 16.0 Å². The van der Waals surface area contributed by atoms with Gasteiger partial charge in [-0.15, -0.1) is 0 Å². The molecule has 1 aromatic carbocycles. The standard InChI is InChI=1S/C16H25N3O2/c17-9-4-10-19(15-5-2-1-3-6-15)13-16(20)18-14-7-11-21-12-8-14/h1-3,5-6,14H,4,7-13,17H2,(H,18,20). The maximum absolute atomic E-state index is 12.2. The van der Waals surface area contributed by atoms with E-state index in [1.165, 1.54) is 0 Å². The molecular formula is C16H25N3O2. The monoisotopic (exact) mass is 291 g/mol. The van der Waals surface area contributed by atoms with Crippen LogP contribution in [0.25, 0.3) is 0 Å². The van der Waals surface area contributed by atoms with E-state index in [2.05, 4.69) is 10.2 Å². The minimum Gasteiger partial charge on any atom is -0.381 e. The molecule has 1 saturated heterocycles. The molecule has 0 aromatic heterocycles. The van der Waals surface area contributed by atoms with Gasteiger partial charge in [0, 0.05) is 31.5 Å². The Kier molecular flexibility index (Phi) is 6.50. The smallest absolute Gasteiger partial charge is 0.239 e. The zero-order chi connectivity index (χ0) is 14.9. The van der Waals surface area contributed by atoms with Gasteiger partial charge in [-0.1, -0.05) is 18.2 Å². The molecule has 1 amide bonds. The first-order valence-corrected chi connectivity index (χ1v) is 7.67. The predicted octanol–water partition coefficient (Wildman–Crippen LogP) is 1.14. The number of amides is 1. The fraction of sp³-hybridized carbons (Fsp3) is 0.562. The molecule has 3 N–H and O–H groups in total. The number of benzene rings is 1. The molecular weight excluding hydrogens is 266 g/mol. The maximum Gasteiger partial charge on any atom is 0.239 e. The van der Waals surface area contributed by atoms with Crippen molar-refractivity contribution < 1.29 is 9.53 Å². The van der Waals surface area contributed by atoms with Crippen LogP contribution in [0, 0.1) is 0 Å². The molecule has 5 nitrogen and oxygen atoms in total. The predicted molar refractivity (Wildman–Crippen MR) is 84.3 cm³/mol. The number of nitrogens with zero attached hydrogens (tertiary/aromatic N) is 1. The second kappa shape index (κ2) is 8.64. The molecule has 0 aliphatic carbocycles. The third kappa shape index (κ3) is 5.36. The van der Waals surface area contributed by atoms with Gasteiger partial charge in [-0.25, -0.2) is 0 Å². The van der Waals surface area contributed by atoms with Gasteiger partial charge in [0.1, 0.15) is 0 Å². The number of ether oxygens (including phenoxy) is 1. The summed E-state index contributed by atoms with van der Waals surface area (Å²) in [4.78, 5) is 14.3. The summed E-state index contributed by atoms with van der Waals surface area (Å²) in [6.45, 7) is 3.27. The number of para-hydroxylation sites is 1. The van der Waals surface area contributed by atoms with Crippen molar-refractivity contribution >= 4 is 11.6 Å². The number of carbonyl (C=O) groups excluding carboxylic acids is 1. The number of hydrogen-bond acceptors (Lipinski definition) is 4. The van der Waals surface area contributed by atoms with Crippen molar-refractivity contribution in [2.45, 2.75) is 25.3 Å². The molecule has 0 bridgehead atoms. The summed E-state index contributed by atoms with van der Waals surface area (Å²) in [7, 11) is 0. The zero-order valence-electron chi connectivity index (χ0n) is 12.5. The number of nitrogens with one attached hydrogen (secondary N) is 1. The van der Waals surface area contributed by atoms with Gasteiger partial charge in [0.25, 0.3) is 0 Å². The molecule has 21 heavy (non-hydrogen) atoms. The molecule has 0 spiro atoms. The van der Waals surface area contributed by atoms with E-state index in [0.717, 1.165) is 44.7 Å². The van der Waals surface area contributed by atoms with Crippen molar-refractivity contribution in [3.8, 4) is 0 Å². The van der Waals surface area contributed by atoms with Gasteiger partial charge < -0.3 is 20.7 Å². The van der Waals surface area contributed by atoms with Crippen molar-refractivity contribution in [3.05, 3.63) is 30.3 Å². The van der Waals surface area contributed by atoms with Crippen LogP contribution in [0.3, 0.4) is 0 Å². The minimum atomic E-state index is 0.0720. The van der Waals surface area contributed by atoms with E-state index in [4.69, 9.17) is 10.5 Å². The highest BCUT2D eigenvalue weighted by Crippen LogP contribution is 2.13. The van der Waals surface area contributed by atoms with Gasteiger partial charge >= 0.3 is 0 Å². The van der Waals surface area contributed by atoms with Crippen molar-refractivity contribution in [3.63, 3.8) is 0 Å². The van der Waals surface area contributed by atoms with Crippen LogP contribution in [-0.2, 0) is 9.53 Å². The molecule has 1 aliphatic rings. The lowest BCUT2D eigenvalue weighted by atomic mass is 10.1. The molecule has 1 aliphatic heterocycles. The third-order valence-electron chi connectivity index (χ3n) is 3.67. The Morgan fingerprint density at radius 3 is 2.67 bits per heavy atom. The second-order valence-electron chi connectivity index (χ2n) is 5.35. The fourth-order valence-corrected chi connectivity index (χ4v) is 2.51. The topological polar surface area (TPSA) is 67.6 Å². The lowest BCUT2D eigenvalue weighted by molar-refractivity contribution is -0.121. The van der Waals surface area contributed by atoms with Crippen LogP contribution in [0.2, 0.25) is 0 Å². The summed E-state index contributed by atoms with van der Waals surface area (Å²) in [6, 6.07) is 10.3. The largest absolute Gasteiger partial charge is 0.381 e. The van der Waals surface area contributed by atoms with Gasteiger partial charge in [-0.2, -0.15) is 0 Å². The summed E-state index contributed by atoms with van der Waals surface area (Å²) in [5.74, 6) is 0.0720. The van der Waals surface area contributed by atoms with Gasteiger partial charge in [-0.3, -0.25) is 4.79 Å². The lowest BCUT2D eigenvalue weighted by Gasteiger charge is -2.27. The first kappa shape index (κ1) is 15.8. The van der Waals surface area contributed by atoms with E-state index in [1.54, 1.807) is 0 Å². The Balaban J connectivity index is 1.89. The van der Waals surface area contributed by atoms with Crippen LogP contribution in [0.1, 0.15) is 19.3 Å². The van der Waals surface area contributed by atoms with Crippen molar-refractivity contribution in [1.29, 1.82) is 0 Å². The Bertz CT molecular complexity index is 419. The van der Waals surface area contributed by atoms with Gasteiger partial charge in [0.05, 0.1) is 6.54 Å². The molecule has 0 radical (unpaired) electrons. The van der Waals surface area contributed by atoms with E-state index in [1.807, 2.05) is 30.3 Å². The van der Waals surface area contributed by atoms with Crippen LogP contribution in [0.15, 0.2) is 30.3 Å². The first-order valence-electron chi connectivity index (χ1n) is 7.67. The van der Waals surface area contributed by atoms with Crippen LogP contribution in [-0.4, -0.2) is 44.8 Å². The average molecular weight is 291 g/mol. The lowest BCUT2D eigenvalue weighted by Crippen LogP contribution is -2.44. The summed E-state index contributed by atoms with van der Waals surface area (Å²) in [6.07, 6.45) is 2.68. The van der Waals surface area contributed by atoms with E-state index >= 15 is 0 Å². The number of rotatable bonds is 7. The summed E-state index contributed by atoms with van der Waals surface area (Å²) >= 11 is 0. The SMILES string of the molecule is NCCCN(CC(=O)NC1CCOCC1)c1ccccc1. The fourth-order valence-electron chi connectivity index (χ4n) is 2.51. The summed E-state index contributed by atoms with van der Waals surface area (Å²) in [5.41, 5.74) is 6.66. The van der Waals surface area contributed by atoms with E-state index in [9.17, 15) is 4.79 Å². The number of nitrogens with two attached hydrogens (primary N) is 1. The van der Waals surface area contributed by atoms with Crippen molar-refractivity contribution in [2.24, 2.45) is 5.73 Å². The average Bonchev–Trinajstić information content (AvgIpc) is 2.53. The van der Waals surface area contributed by atoms with E-state index in [0.29, 0.717) is 13.1 Å². The normalized spacial score (nSPS) is 15.7.